The second kappa shape index (κ2) is 6.81. The quantitative estimate of drug-likeness (QED) is 0.758. The molecule has 3 rings (SSSR count). The summed E-state index contributed by atoms with van der Waals surface area (Å²) in [6.45, 7) is 0.787. The van der Waals surface area contributed by atoms with Crippen molar-refractivity contribution in [1.82, 2.24) is 10.3 Å². The molecule has 0 spiro atoms. The van der Waals surface area contributed by atoms with Crippen molar-refractivity contribution in [2.24, 2.45) is 0 Å². The first-order chi connectivity index (χ1) is 10.2. The number of benzene rings is 1. The van der Waals surface area contributed by atoms with Gasteiger partial charge >= 0.3 is 0 Å². The van der Waals surface area contributed by atoms with E-state index in [0.29, 0.717) is 11.9 Å². The SMILES string of the molecule is CSc1ccc(Oc2ncc(Br)cc2CNC2CC2)cc1. The molecule has 0 amide bonds. The van der Waals surface area contributed by atoms with E-state index in [9.17, 15) is 0 Å². The summed E-state index contributed by atoms with van der Waals surface area (Å²) >= 11 is 5.19. The molecule has 1 aromatic heterocycles. The Morgan fingerprint density at radius 1 is 1.33 bits per heavy atom. The fraction of sp³-hybridized carbons (Fsp3) is 0.312. The minimum absolute atomic E-state index is 0.665. The van der Waals surface area contributed by atoms with Gasteiger partial charge in [0, 0.05) is 33.7 Å². The van der Waals surface area contributed by atoms with Gasteiger partial charge in [0.15, 0.2) is 0 Å². The summed E-state index contributed by atoms with van der Waals surface area (Å²) < 4.78 is 6.91. The molecule has 0 atom stereocenters. The monoisotopic (exact) mass is 364 g/mol. The molecular formula is C16H17BrN2OS. The van der Waals surface area contributed by atoms with Crippen molar-refractivity contribution in [2.75, 3.05) is 6.26 Å². The molecule has 3 nitrogen and oxygen atoms in total. The minimum atomic E-state index is 0.665. The maximum Gasteiger partial charge on any atom is 0.223 e. The average Bonchev–Trinajstić information content (AvgIpc) is 3.32. The van der Waals surface area contributed by atoms with Gasteiger partial charge < -0.3 is 10.1 Å². The van der Waals surface area contributed by atoms with Crippen LogP contribution >= 0.6 is 27.7 Å². The second-order valence-electron chi connectivity index (χ2n) is 5.05. The summed E-state index contributed by atoms with van der Waals surface area (Å²) in [5, 5.41) is 3.50. The van der Waals surface area contributed by atoms with Crippen molar-refractivity contribution < 1.29 is 4.74 Å². The Kier molecular flexibility index (Phi) is 4.83. The number of ether oxygens (including phenoxy) is 1. The molecule has 1 heterocycles. The lowest BCUT2D eigenvalue weighted by Gasteiger charge is -2.11. The Bertz CT molecular complexity index is 614. The van der Waals surface area contributed by atoms with Crippen LogP contribution in [-0.4, -0.2) is 17.3 Å². The van der Waals surface area contributed by atoms with Crippen LogP contribution in [0.15, 0.2) is 45.9 Å². The normalized spacial score (nSPS) is 14.2. The van der Waals surface area contributed by atoms with Gasteiger partial charge in [0.05, 0.1) is 0 Å². The minimum Gasteiger partial charge on any atom is -0.439 e. The molecule has 0 aliphatic heterocycles. The fourth-order valence-corrected chi connectivity index (χ4v) is 2.77. The van der Waals surface area contributed by atoms with Crippen LogP contribution in [0.4, 0.5) is 0 Å². The van der Waals surface area contributed by atoms with Gasteiger partial charge in [0.1, 0.15) is 5.75 Å². The predicted octanol–water partition coefficient (Wildman–Crippen LogP) is 4.61. The summed E-state index contributed by atoms with van der Waals surface area (Å²) in [6, 6.07) is 10.8. The summed E-state index contributed by atoms with van der Waals surface area (Å²) in [5.41, 5.74) is 1.07. The molecular weight excluding hydrogens is 348 g/mol. The van der Waals surface area contributed by atoms with E-state index in [1.54, 1.807) is 18.0 Å². The molecule has 0 unspecified atom stereocenters. The van der Waals surface area contributed by atoms with E-state index in [4.69, 9.17) is 4.74 Å². The number of thioether (sulfide) groups is 1. The van der Waals surface area contributed by atoms with Crippen molar-refractivity contribution in [2.45, 2.75) is 30.3 Å². The largest absolute Gasteiger partial charge is 0.439 e. The standard InChI is InChI=1S/C16H17BrN2OS/c1-21-15-6-4-14(5-7-15)20-16-11(8-12(17)10-19-16)9-18-13-2-3-13/h4-8,10,13,18H,2-3,9H2,1H3. The Hall–Kier alpha value is -1.04. The Morgan fingerprint density at radius 2 is 2.10 bits per heavy atom. The number of rotatable bonds is 6. The zero-order valence-electron chi connectivity index (χ0n) is 11.8. The van der Waals surface area contributed by atoms with E-state index < -0.39 is 0 Å². The maximum atomic E-state index is 5.94. The molecule has 1 fully saturated rings. The van der Waals surface area contributed by atoms with Crippen LogP contribution in [0.5, 0.6) is 11.6 Å². The number of aromatic nitrogens is 1. The van der Waals surface area contributed by atoms with Crippen molar-refractivity contribution >= 4 is 27.7 Å². The van der Waals surface area contributed by atoms with Gasteiger partial charge in [-0.2, -0.15) is 0 Å². The van der Waals surface area contributed by atoms with Crippen molar-refractivity contribution in [1.29, 1.82) is 0 Å². The zero-order chi connectivity index (χ0) is 14.7. The molecule has 5 heteroatoms. The molecule has 1 N–H and O–H groups in total. The molecule has 1 aromatic carbocycles. The van der Waals surface area contributed by atoms with E-state index in [2.05, 4.69) is 50.7 Å². The second-order valence-corrected chi connectivity index (χ2v) is 6.85. The van der Waals surface area contributed by atoms with E-state index >= 15 is 0 Å². The lowest BCUT2D eigenvalue weighted by Crippen LogP contribution is -2.16. The molecule has 0 bridgehead atoms. The number of hydrogen-bond acceptors (Lipinski definition) is 4. The van der Waals surface area contributed by atoms with E-state index in [1.807, 2.05) is 12.1 Å². The number of nitrogens with zero attached hydrogens (tertiary/aromatic N) is 1. The van der Waals surface area contributed by atoms with Crippen molar-refractivity contribution in [3.05, 3.63) is 46.6 Å². The third kappa shape index (κ3) is 4.22. The van der Waals surface area contributed by atoms with Gasteiger partial charge in [-0.25, -0.2) is 4.98 Å². The summed E-state index contributed by atoms with van der Waals surface area (Å²) in [7, 11) is 0. The molecule has 0 saturated heterocycles. The van der Waals surface area contributed by atoms with E-state index in [1.165, 1.54) is 17.7 Å². The molecule has 110 valence electrons. The molecule has 1 saturated carbocycles. The van der Waals surface area contributed by atoms with Crippen LogP contribution in [0.1, 0.15) is 18.4 Å². The molecule has 1 aliphatic carbocycles. The van der Waals surface area contributed by atoms with Gasteiger partial charge in [-0.1, -0.05) is 0 Å². The Labute approximate surface area is 137 Å². The predicted molar refractivity (Wildman–Crippen MR) is 90.1 cm³/mol. The van der Waals surface area contributed by atoms with Gasteiger partial charge in [0.25, 0.3) is 0 Å². The molecule has 0 radical (unpaired) electrons. The highest BCUT2D eigenvalue weighted by Gasteiger charge is 2.21. The first-order valence-corrected chi connectivity index (χ1v) is 8.96. The van der Waals surface area contributed by atoms with Crippen LogP contribution < -0.4 is 10.1 Å². The summed E-state index contributed by atoms with van der Waals surface area (Å²) in [6.07, 6.45) is 6.38. The molecule has 21 heavy (non-hydrogen) atoms. The van der Waals surface area contributed by atoms with Crippen LogP contribution in [0, 0.1) is 0 Å². The first kappa shape index (κ1) is 14.9. The number of nitrogens with one attached hydrogen (secondary N) is 1. The van der Waals surface area contributed by atoms with E-state index in [-0.39, 0.29) is 0 Å². The maximum absolute atomic E-state index is 5.94. The van der Waals surface area contributed by atoms with Gasteiger partial charge in [-0.05, 0) is 65.4 Å². The average molecular weight is 365 g/mol. The fourth-order valence-electron chi connectivity index (χ4n) is 1.98. The third-order valence-electron chi connectivity index (χ3n) is 3.32. The van der Waals surface area contributed by atoms with Crippen molar-refractivity contribution in [3.8, 4) is 11.6 Å². The van der Waals surface area contributed by atoms with Gasteiger partial charge in [-0.15, -0.1) is 11.8 Å². The third-order valence-corrected chi connectivity index (χ3v) is 4.50. The van der Waals surface area contributed by atoms with Crippen LogP contribution in [-0.2, 0) is 6.54 Å². The highest BCUT2D eigenvalue weighted by molar-refractivity contribution is 9.10. The smallest absolute Gasteiger partial charge is 0.223 e. The number of halogens is 1. The highest BCUT2D eigenvalue weighted by atomic mass is 79.9. The number of hydrogen-bond donors (Lipinski definition) is 1. The van der Waals surface area contributed by atoms with Gasteiger partial charge in [-0.3, -0.25) is 0 Å². The lowest BCUT2D eigenvalue weighted by molar-refractivity contribution is 0.452. The van der Waals surface area contributed by atoms with Crippen LogP contribution in [0.3, 0.4) is 0 Å². The highest BCUT2D eigenvalue weighted by Crippen LogP contribution is 2.28. The van der Waals surface area contributed by atoms with Gasteiger partial charge in [0.2, 0.25) is 5.88 Å². The summed E-state index contributed by atoms with van der Waals surface area (Å²) in [5.74, 6) is 1.48. The van der Waals surface area contributed by atoms with Crippen LogP contribution in [0.25, 0.3) is 0 Å². The topological polar surface area (TPSA) is 34.1 Å². The summed E-state index contributed by atoms with van der Waals surface area (Å²) in [4.78, 5) is 5.62. The molecule has 2 aromatic rings. The first-order valence-electron chi connectivity index (χ1n) is 6.94. The Morgan fingerprint density at radius 3 is 2.76 bits per heavy atom. The Balaban J connectivity index is 1.75. The van der Waals surface area contributed by atoms with Crippen molar-refractivity contribution in [3.63, 3.8) is 0 Å². The van der Waals surface area contributed by atoms with E-state index in [0.717, 1.165) is 22.3 Å². The van der Waals surface area contributed by atoms with Crippen LogP contribution in [0.2, 0.25) is 0 Å². The molecule has 1 aliphatic rings. The lowest BCUT2D eigenvalue weighted by atomic mass is 10.2. The number of pyridine rings is 1. The zero-order valence-corrected chi connectivity index (χ0v) is 14.2.